The summed E-state index contributed by atoms with van der Waals surface area (Å²) in [5, 5.41) is 1.59. The molecule has 0 unspecified atom stereocenters. The fourth-order valence-electron chi connectivity index (χ4n) is 4.56. The first-order valence-corrected chi connectivity index (χ1v) is 11.3. The van der Waals surface area contributed by atoms with Crippen molar-refractivity contribution in [3.05, 3.63) is 64.8 Å². The van der Waals surface area contributed by atoms with Gasteiger partial charge in [-0.25, -0.2) is 4.98 Å². The molecule has 0 amide bonds. The van der Waals surface area contributed by atoms with Gasteiger partial charge in [0.15, 0.2) is 0 Å². The van der Waals surface area contributed by atoms with Gasteiger partial charge in [-0.05, 0) is 63.8 Å². The molecule has 7 nitrogen and oxygen atoms in total. The number of ether oxygens (including phenoxy) is 1. The van der Waals surface area contributed by atoms with Gasteiger partial charge in [0, 0.05) is 30.2 Å². The molecule has 0 atom stereocenters. The Bertz CT molecular complexity index is 1310. The molecule has 3 heterocycles. The summed E-state index contributed by atoms with van der Waals surface area (Å²) >= 11 is 0. The SMILES string of the molecule is CCOc1ccccc1-n1c(CN2CCCN(C)CC2)nc2c(ccc3[nH]ccc32)c1=O. The predicted molar refractivity (Wildman–Crippen MR) is 128 cm³/mol. The van der Waals surface area contributed by atoms with Gasteiger partial charge in [-0.2, -0.15) is 0 Å². The first-order valence-electron chi connectivity index (χ1n) is 11.3. The summed E-state index contributed by atoms with van der Waals surface area (Å²) in [6.07, 6.45) is 3.00. The van der Waals surface area contributed by atoms with Crippen molar-refractivity contribution in [3.8, 4) is 11.4 Å². The molecule has 1 aliphatic rings. The third kappa shape index (κ3) is 3.78. The molecule has 0 spiro atoms. The maximum atomic E-state index is 13.9. The average molecular weight is 432 g/mol. The number of fused-ring (bicyclic) bond motifs is 3. The second kappa shape index (κ2) is 8.76. The molecule has 2 aromatic heterocycles. The Morgan fingerprint density at radius 2 is 1.91 bits per heavy atom. The highest BCUT2D eigenvalue weighted by Gasteiger charge is 2.20. The molecule has 32 heavy (non-hydrogen) atoms. The van der Waals surface area contributed by atoms with Crippen molar-refractivity contribution in [1.29, 1.82) is 0 Å². The molecule has 4 aromatic rings. The van der Waals surface area contributed by atoms with Crippen LogP contribution in [0.25, 0.3) is 27.5 Å². The van der Waals surface area contributed by atoms with Crippen molar-refractivity contribution in [2.24, 2.45) is 0 Å². The van der Waals surface area contributed by atoms with Crippen molar-refractivity contribution in [2.75, 3.05) is 39.8 Å². The zero-order valence-electron chi connectivity index (χ0n) is 18.7. The molecule has 0 radical (unpaired) electrons. The Kier molecular flexibility index (Phi) is 5.68. The summed E-state index contributed by atoms with van der Waals surface area (Å²) in [6, 6.07) is 13.5. The monoisotopic (exact) mass is 431 g/mol. The van der Waals surface area contributed by atoms with Crippen molar-refractivity contribution >= 4 is 21.8 Å². The molecule has 166 valence electrons. The number of aromatic amines is 1. The lowest BCUT2D eigenvalue weighted by Gasteiger charge is -2.23. The lowest BCUT2D eigenvalue weighted by molar-refractivity contribution is 0.261. The number of hydrogen-bond acceptors (Lipinski definition) is 5. The fraction of sp³-hybridized carbons (Fsp3) is 0.360. The molecular formula is C25H29N5O2. The summed E-state index contributed by atoms with van der Waals surface area (Å²) in [5.41, 5.74) is 2.41. The first kappa shape index (κ1) is 20.7. The third-order valence-electron chi connectivity index (χ3n) is 6.22. The smallest absolute Gasteiger partial charge is 0.266 e. The number of nitrogens with one attached hydrogen (secondary N) is 1. The number of H-pyrrole nitrogens is 1. The standard InChI is InChI=1S/C25H29N5O2/c1-3-32-22-8-5-4-7-21(22)30-23(17-29-14-6-13-28(2)15-16-29)27-24-18-11-12-26-20(18)10-9-19(24)25(30)31/h4-5,7-12,26H,3,6,13-17H2,1-2H3. The van der Waals surface area contributed by atoms with Crippen LogP contribution in [0.15, 0.2) is 53.5 Å². The summed E-state index contributed by atoms with van der Waals surface area (Å²) in [5.74, 6) is 1.44. The van der Waals surface area contributed by atoms with Gasteiger partial charge < -0.3 is 14.6 Å². The summed E-state index contributed by atoms with van der Waals surface area (Å²) < 4.78 is 7.63. The minimum absolute atomic E-state index is 0.0628. The average Bonchev–Trinajstić information content (AvgIpc) is 3.19. The molecule has 0 bridgehead atoms. The zero-order chi connectivity index (χ0) is 22.1. The minimum atomic E-state index is -0.0628. The van der Waals surface area contributed by atoms with Crippen molar-refractivity contribution in [3.63, 3.8) is 0 Å². The van der Waals surface area contributed by atoms with Crippen LogP contribution in [0.1, 0.15) is 19.2 Å². The molecule has 5 rings (SSSR count). The van der Waals surface area contributed by atoms with Gasteiger partial charge >= 0.3 is 0 Å². The number of likely N-dealkylation sites (N-methyl/N-ethyl adjacent to an activating group) is 1. The number of para-hydroxylation sites is 2. The maximum absolute atomic E-state index is 13.9. The lowest BCUT2D eigenvalue weighted by Crippen LogP contribution is -2.33. The van der Waals surface area contributed by atoms with E-state index in [1.165, 1.54) is 0 Å². The molecule has 7 heteroatoms. The van der Waals surface area contributed by atoms with Crippen molar-refractivity contribution in [1.82, 2.24) is 24.3 Å². The van der Waals surface area contributed by atoms with E-state index < -0.39 is 0 Å². The van der Waals surface area contributed by atoms with Crippen LogP contribution < -0.4 is 10.3 Å². The Hall–Kier alpha value is -3.16. The van der Waals surface area contributed by atoms with Crippen LogP contribution in [0, 0.1) is 0 Å². The summed E-state index contributed by atoms with van der Waals surface area (Å²) in [7, 11) is 2.16. The van der Waals surface area contributed by atoms with E-state index in [0.29, 0.717) is 24.3 Å². The number of benzene rings is 2. The highest BCUT2D eigenvalue weighted by molar-refractivity contribution is 6.03. The van der Waals surface area contributed by atoms with Crippen LogP contribution in [-0.4, -0.2) is 64.2 Å². The molecule has 1 fully saturated rings. The van der Waals surface area contributed by atoms with Gasteiger partial charge in [-0.3, -0.25) is 14.3 Å². The van der Waals surface area contributed by atoms with Crippen molar-refractivity contribution in [2.45, 2.75) is 19.9 Å². The first-order chi connectivity index (χ1) is 15.7. The van der Waals surface area contributed by atoms with Crippen LogP contribution in [0.3, 0.4) is 0 Å². The lowest BCUT2D eigenvalue weighted by atomic mass is 10.1. The van der Waals surface area contributed by atoms with E-state index in [-0.39, 0.29) is 5.56 Å². The van der Waals surface area contributed by atoms with Gasteiger partial charge in [-0.1, -0.05) is 12.1 Å². The quantitative estimate of drug-likeness (QED) is 0.525. The largest absolute Gasteiger partial charge is 0.492 e. The number of aromatic nitrogens is 3. The Morgan fingerprint density at radius 1 is 1.03 bits per heavy atom. The fourth-order valence-corrected chi connectivity index (χ4v) is 4.56. The van der Waals surface area contributed by atoms with E-state index in [2.05, 4.69) is 21.8 Å². The van der Waals surface area contributed by atoms with Crippen molar-refractivity contribution < 1.29 is 4.74 Å². The van der Waals surface area contributed by atoms with Crippen LogP contribution in [0.4, 0.5) is 0 Å². The summed E-state index contributed by atoms with van der Waals surface area (Å²) in [6.45, 7) is 7.13. The van der Waals surface area contributed by atoms with E-state index in [9.17, 15) is 4.79 Å². The van der Waals surface area contributed by atoms with E-state index >= 15 is 0 Å². The van der Waals surface area contributed by atoms with Gasteiger partial charge in [0.1, 0.15) is 11.6 Å². The Labute approximate surface area is 187 Å². The molecule has 1 aliphatic heterocycles. The molecular weight excluding hydrogens is 402 g/mol. The number of rotatable bonds is 5. The second-order valence-electron chi connectivity index (χ2n) is 8.40. The van der Waals surface area contributed by atoms with E-state index in [4.69, 9.17) is 9.72 Å². The minimum Gasteiger partial charge on any atom is -0.492 e. The van der Waals surface area contributed by atoms with E-state index in [1.54, 1.807) is 4.57 Å². The molecule has 1 N–H and O–H groups in total. The highest BCUT2D eigenvalue weighted by atomic mass is 16.5. The Morgan fingerprint density at radius 3 is 2.78 bits per heavy atom. The Balaban J connectivity index is 1.72. The second-order valence-corrected chi connectivity index (χ2v) is 8.40. The van der Waals surface area contributed by atoms with Crippen LogP contribution in [0.2, 0.25) is 0 Å². The number of hydrogen-bond donors (Lipinski definition) is 1. The van der Waals surface area contributed by atoms with Crippen LogP contribution >= 0.6 is 0 Å². The van der Waals surface area contributed by atoms with Gasteiger partial charge in [0.25, 0.3) is 5.56 Å². The van der Waals surface area contributed by atoms with Crippen LogP contribution in [0.5, 0.6) is 5.75 Å². The predicted octanol–water partition coefficient (Wildman–Crippen LogP) is 3.40. The summed E-state index contributed by atoms with van der Waals surface area (Å²) in [4.78, 5) is 26.9. The van der Waals surface area contributed by atoms with E-state index in [1.807, 2.05) is 55.6 Å². The topological polar surface area (TPSA) is 66.4 Å². The highest BCUT2D eigenvalue weighted by Crippen LogP contribution is 2.26. The zero-order valence-corrected chi connectivity index (χ0v) is 18.7. The normalized spacial score (nSPS) is 15.9. The molecule has 2 aromatic carbocycles. The van der Waals surface area contributed by atoms with Crippen LogP contribution in [-0.2, 0) is 6.54 Å². The molecule has 0 aliphatic carbocycles. The third-order valence-corrected chi connectivity index (χ3v) is 6.22. The van der Waals surface area contributed by atoms with Gasteiger partial charge in [0.05, 0.1) is 29.7 Å². The van der Waals surface area contributed by atoms with Gasteiger partial charge in [0.2, 0.25) is 0 Å². The number of nitrogens with zero attached hydrogens (tertiary/aromatic N) is 4. The van der Waals surface area contributed by atoms with Gasteiger partial charge in [-0.15, -0.1) is 0 Å². The van der Waals surface area contributed by atoms with E-state index in [0.717, 1.165) is 60.5 Å². The molecule has 1 saturated heterocycles. The molecule has 0 saturated carbocycles. The maximum Gasteiger partial charge on any atom is 0.266 e.